The lowest BCUT2D eigenvalue weighted by atomic mass is 9.66. The lowest BCUT2D eigenvalue weighted by Crippen LogP contribution is -2.41. The molecule has 0 aliphatic carbocycles. The third-order valence-electron chi connectivity index (χ3n) is 4.60. The molecule has 0 saturated carbocycles. The number of aliphatic carboxylic acids is 1. The minimum absolute atomic E-state index is 0.0946. The van der Waals surface area contributed by atoms with E-state index >= 15 is 0 Å². The second-order valence-electron chi connectivity index (χ2n) is 6.72. The van der Waals surface area contributed by atoms with Gasteiger partial charge in [0.05, 0.1) is 24.7 Å². The van der Waals surface area contributed by atoms with Crippen LogP contribution in [0.4, 0.5) is 0 Å². The van der Waals surface area contributed by atoms with Crippen LogP contribution in [0.5, 0.6) is 5.75 Å². The van der Waals surface area contributed by atoms with E-state index < -0.39 is 30.1 Å². The summed E-state index contributed by atoms with van der Waals surface area (Å²) in [5.41, 5.74) is -0.232. The number of ether oxygens (including phenoxy) is 1. The van der Waals surface area contributed by atoms with E-state index in [0.717, 1.165) is 10.0 Å². The van der Waals surface area contributed by atoms with Crippen molar-refractivity contribution < 1.29 is 23.9 Å². The van der Waals surface area contributed by atoms with Gasteiger partial charge in [-0.25, -0.2) is 0 Å². The molecule has 0 bridgehead atoms. The Kier molecular flexibility index (Phi) is 5.13. The number of carbonyl (C=O) groups is 1. The average Bonchev–Trinajstić information content (AvgIpc) is 2.65. The molecule has 0 amide bonds. The summed E-state index contributed by atoms with van der Waals surface area (Å²) < 4.78 is 18.2. The number of carboxylic acids is 1. The molecule has 126 valence electrons. The van der Waals surface area contributed by atoms with Gasteiger partial charge in [-0.2, -0.15) is 0 Å². The van der Waals surface area contributed by atoms with E-state index in [4.69, 9.17) is 14.0 Å². The second-order valence-corrected chi connectivity index (χ2v) is 7.57. The predicted octanol–water partition coefficient (Wildman–Crippen LogP) is 3.65. The monoisotopic (exact) mass is 384 g/mol. The van der Waals surface area contributed by atoms with Crippen molar-refractivity contribution in [3.63, 3.8) is 0 Å². The van der Waals surface area contributed by atoms with Gasteiger partial charge in [0.2, 0.25) is 0 Å². The summed E-state index contributed by atoms with van der Waals surface area (Å²) in [7, 11) is 0.938. The third-order valence-corrected chi connectivity index (χ3v) is 5.32. The first-order valence-corrected chi connectivity index (χ1v) is 8.27. The highest BCUT2D eigenvalue weighted by Gasteiger charge is 2.54. The molecule has 0 aromatic heterocycles. The van der Waals surface area contributed by atoms with E-state index in [1.807, 2.05) is 45.9 Å². The van der Waals surface area contributed by atoms with Crippen molar-refractivity contribution >= 4 is 29.0 Å². The smallest absolute Gasteiger partial charge is 0.466 e. The fraction of sp³-hybridized carbons (Fsp3) is 0.562. The van der Waals surface area contributed by atoms with Crippen molar-refractivity contribution in [2.75, 3.05) is 7.11 Å². The van der Waals surface area contributed by atoms with E-state index in [1.54, 1.807) is 7.11 Å². The number of halogens is 1. The molecule has 1 heterocycles. The van der Waals surface area contributed by atoms with Crippen molar-refractivity contribution in [2.45, 2.75) is 51.1 Å². The van der Waals surface area contributed by atoms with Crippen LogP contribution < -0.4 is 4.74 Å². The van der Waals surface area contributed by atoms with Crippen molar-refractivity contribution in [3.8, 4) is 5.75 Å². The first-order valence-electron chi connectivity index (χ1n) is 7.48. The highest BCUT2D eigenvalue weighted by Crippen LogP contribution is 2.43. The predicted molar refractivity (Wildman–Crippen MR) is 91.8 cm³/mol. The normalized spacial score (nSPS) is 20.3. The fourth-order valence-corrected chi connectivity index (χ4v) is 3.07. The van der Waals surface area contributed by atoms with Crippen LogP contribution in [0.3, 0.4) is 0 Å². The van der Waals surface area contributed by atoms with Crippen molar-refractivity contribution in [1.82, 2.24) is 0 Å². The lowest BCUT2D eigenvalue weighted by Gasteiger charge is -2.32. The van der Waals surface area contributed by atoms with Gasteiger partial charge in [0.25, 0.3) is 0 Å². The van der Waals surface area contributed by atoms with Gasteiger partial charge < -0.3 is 19.2 Å². The summed E-state index contributed by atoms with van der Waals surface area (Å²) in [4.78, 5) is 11.4. The number of methoxy groups -OCH3 is 1. The molecule has 1 unspecified atom stereocenters. The first kappa shape index (κ1) is 18.3. The van der Waals surface area contributed by atoms with Crippen LogP contribution in [0.2, 0.25) is 0 Å². The Bertz CT molecular complexity index is 586. The zero-order chi connectivity index (χ0) is 17.4. The highest BCUT2D eigenvalue weighted by atomic mass is 79.9. The summed E-state index contributed by atoms with van der Waals surface area (Å²) in [5.74, 6) is -0.687. The summed E-state index contributed by atoms with van der Waals surface area (Å²) >= 11 is 3.49. The van der Waals surface area contributed by atoms with E-state index in [1.165, 1.54) is 0 Å². The van der Waals surface area contributed by atoms with Gasteiger partial charge in [0, 0.05) is 10.3 Å². The van der Waals surface area contributed by atoms with Crippen molar-refractivity contribution in [3.05, 3.63) is 28.2 Å². The van der Waals surface area contributed by atoms with E-state index in [9.17, 15) is 9.90 Å². The lowest BCUT2D eigenvalue weighted by molar-refractivity contribution is -0.137. The van der Waals surface area contributed by atoms with E-state index in [0.29, 0.717) is 5.75 Å². The Hall–Kier alpha value is -1.05. The topological polar surface area (TPSA) is 65.0 Å². The second kappa shape index (κ2) is 6.45. The van der Waals surface area contributed by atoms with E-state index in [2.05, 4.69) is 15.9 Å². The Morgan fingerprint density at radius 1 is 1.30 bits per heavy atom. The van der Waals surface area contributed by atoms with Crippen molar-refractivity contribution in [2.24, 2.45) is 0 Å². The largest absolute Gasteiger partial charge is 0.497 e. The maximum absolute atomic E-state index is 11.4. The fourth-order valence-electron chi connectivity index (χ4n) is 2.53. The number of rotatable bonds is 5. The molecule has 1 N–H and O–H groups in total. The quantitative estimate of drug-likeness (QED) is 0.785. The highest BCUT2D eigenvalue weighted by molar-refractivity contribution is 9.10. The Labute approximate surface area is 145 Å². The first-order chi connectivity index (χ1) is 10.6. The van der Waals surface area contributed by atoms with E-state index in [-0.39, 0.29) is 6.42 Å². The van der Waals surface area contributed by atoms with Gasteiger partial charge in [-0.3, -0.25) is 4.79 Å². The molecule has 5 nitrogen and oxygen atoms in total. The molecule has 1 aromatic rings. The zero-order valence-corrected chi connectivity index (χ0v) is 15.6. The van der Waals surface area contributed by atoms with Crippen molar-refractivity contribution in [1.29, 1.82) is 0 Å². The molecule has 1 aromatic carbocycles. The van der Waals surface area contributed by atoms with Gasteiger partial charge in [0.15, 0.2) is 0 Å². The molecule has 1 fully saturated rings. The van der Waals surface area contributed by atoms with Gasteiger partial charge in [-0.15, -0.1) is 0 Å². The molecular formula is C16H22BBrO5. The summed E-state index contributed by atoms with van der Waals surface area (Å²) in [6.45, 7) is 7.80. The Morgan fingerprint density at radius 2 is 1.87 bits per heavy atom. The zero-order valence-electron chi connectivity index (χ0n) is 14.1. The average molecular weight is 385 g/mol. The molecule has 1 aliphatic rings. The molecular weight excluding hydrogens is 363 g/mol. The molecule has 1 atom stereocenters. The molecule has 2 rings (SSSR count). The maximum atomic E-state index is 11.4. The summed E-state index contributed by atoms with van der Waals surface area (Å²) in [5, 5.41) is 9.33. The van der Waals surface area contributed by atoms with Crippen LogP contribution in [0.1, 0.15) is 45.5 Å². The molecule has 0 spiro atoms. The summed E-state index contributed by atoms with van der Waals surface area (Å²) in [6, 6.07) is 5.48. The van der Waals surface area contributed by atoms with Crippen LogP contribution in [-0.4, -0.2) is 36.5 Å². The Morgan fingerprint density at radius 3 is 2.35 bits per heavy atom. The van der Waals surface area contributed by atoms with Crippen LogP contribution >= 0.6 is 15.9 Å². The van der Waals surface area contributed by atoms with Gasteiger partial charge >= 0.3 is 13.1 Å². The van der Waals surface area contributed by atoms with Gasteiger partial charge in [-0.05, 0) is 51.5 Å². The van der Waals surface area contributed by atoms with Gasteiger partial charge in [-0.1, -0.05) is 15.9 Å². The molecule has 1 saturated heterocycles. The van der Waals surface area contributed by atoms with Crippen LogP contribution in [-0.2, 0) is 14.1 Å². The molecule has 7 heteroatoms. The number of hydrogen-bond donors (Lipinski definition) is 1. The molecule has 23 heavy (non-hydrogen) atoms. The molecule has 1 aliphatic heterocycles. The minimum Gasteiger partial charge on any atom is -0.497 e. The van der Waals surface area contributed by atoms with Crippen LogP contribution in [0.15, 0.2) is 22.7 Å². The molecule has 0 radical (unpaired) electrons. The van der Waals surface area contributed by atoms with Gasteiger partial charge in [0.1, 0.15) is 5.75 Å². The Balaban J connectivity index is 2.41. The number of carboxylic acid groups (broad SMARTS) is 1. The standard InChI is InChI=1S/C16H22BBrO5/c1-15(2)16(3,4)23-17(22-15)12(9-14(19)20)11-8-10(21-5)6-7-13(11)18/h6-8,12H,9H2,1-5H3,(H,19,20). The number of hydrogen-bond acceptors (Lipinski definition) is 4. The van der Waals surface area contributed by atoms with Crippen LogP contribution in [0.25, 0.3) is 0 Å². The number of benzene rings is 1. The van der Waals surface area contributed by atoms with Crippen LogP contribution in [0, 0.1) is 0 Å². The minimum atomic E-state index is -0.903. The summed E-state index contributed by atoms with van der Waals surface area (Å²) in [6.07, 6.45) is -0.0946. The SMILES string of the molecule is COc1ccc(Br)c(C(CC(=O)O)B2OC(C)(C)C(C)(C)O2)c1. The third kappa shape index (κ3) is 3.73. The maximum Gasteiger partial charge on any atom is 0.466 e.